The van der Waals surface area contributed by atoms with Gasteiger partial charge in [0.05, 0.1) is 14.9 Å². The Balaban J connectivity index is 0.00000242. The molecule has 0 aliphatic rings. The molecular formula is C13H8Cl3NaO4S. The Morgan fingerprint density at radius 1 is 1.05 bits per heavy atom. The molecule has 0 spiro atoms. The average Bonchev–Trinajstić information content (AvgIpc) is 2.41. The fourth-order valence-corrected chi connectivity index (χ4v) is 3.31. The maximum Gasteiger partial charge on any atom is 1.00 e. The molecule has 22 heavy (non-hydrogen) atoms. The van der Waals surface area contributed by atoms with Gasteiger partial charge in [0.15, 0.2) is 0 Å². The first-order valence-electron chi connectivity index (χ1n) is 5.59. The van der Waals surface area contributed by atoms with Crippen molar-refractivity contribution in [2.24, 2.45) is 0 Å². The Morgan fingerprint density at radius 2 is 1.64 bits per heavy atom. The third kappa shape index (κ3) is 4.38. The van der Waals surface area contributed by atoms with Crippen LogP contribution in [-0.4, -0.2) is 18.1 Å². The Hall–Kier alpha value is 0.180. The molecule has 0 radical (unpaired) electrons. The second-order valence-electron chi connectivity index (χ2n) is 4.19. The molecule has 1 atom stereocenters. The average molecular weight is 390 g/mol. The zero-order valence-corrected chi connectivity index (χ0v) is 16.3. The van der Waals surface area contributed by atoms with Crippen molar-refractivity contribution in [3.63, 3.8) is 0 Å². The second-order valence-corrected chi connectivity index (χ2v) is 6.75. The molecule has 2 rings (SSSR count). The van der Waals surface area contributed by atoms with Crippen molar-refractivity contribution >= 4 is 44.9 Å². The summed E-state index contributed by atoms with van der Waals surface area (Å²) < 4.78 is 33.8. The monoisotopic (exact) mass is 388 g/mol. The fourth-order valence-electron chi connectivity index (χ4n) is 1.88. The Kier molecular flexibility index (Phi) is 7.20. The van der Waals surface area contributed by atoms with Crippen LogP contribution in [0.15, 0.2) is 41.3 Å². The van der Waals surface area contributed by atoms with E-state index in [0.29, 0.717) is 0 Å². The van der Waals surface area contributed by atoms with Crippen LogP contribution >= 0.6 is 34.8 Å². The fraction of sp³-hybridized carbons (Fsp3) is 0.0769. The van der Waals surface area contributed by atoms with Crippen molar-refractivity contribution in [1.82, 2.24) is 0 Å². The number of halogens is 3. The molecule has 2 aromatic rings. The number of rotatable bonds is 3. The van der Waals surface area contributed by atoms with Gasteiger partial charge in [-0.25, -0.2) is 8.42 Å². The SMILES string of the molecule is O=S(=O)([O-])c1ccccc1C(O)c1cc(Cl)cc(Cl)c1Cl.[Na+]. The first-order chi connectivity index (χ1) is 9.71. The van der Waals surface area contributed by atoms with Crippen LogP contribution in [0, 0.1) is 0 Å². The maximum atomic E-state index is 11.3. The van der Waals surface area contributed by atoms with Crippen LogP contribution in [0.1, 0.15) is 17.2 Å². The summed E-state index contributed by atoms with van der Waals surface area (Å²) in [4.78, 5) is -0.523. The van der Waals surface area contributed by atoms with Crippen molar-refractivity contribution in [3.05, 3.63) is 62.6 Å². The van der Waals surface area contributed by atoms with Gasteiger partial charge >= 0.3 is 29.6 Å². The van der Waals surface area contributed by atoms with E-state index in [0.717, 1.165) is 6.07 Å². The van der Waals surface area contributed by atoms with Crippen LogP contribution in [0.2, 0.25) is 15.1 Å². The summed E-state index contributed by atoms with van der Waals surface area (Å²) >= 11 is 17.7. The van der Waals surface area contributed by atoms with E-state index in [-0.39, 0.29) is 55.8 Å². The number of hydrogen-bond donors (Lipinski definition) is 1. The quantitative estimate of drug-likeness (QED) is 0.475. The Labute approximate surface area is 165 Å². The summed E-state index contributed by atoms with van der Waals surface area (Å²) in [5, 5.41) is 10.7. The predicted molar refractivity (Wildman–Crippen MR) is 79.9 cm³/mol. The van der Waals surface area contributed by atoms with Crippen molar-refractivity contribution in [3.8, 4) is 0 Å². The van der Waals surface area contributed by atoms with Gasteiger partial charge in [-0.05, 0) is 18.2 Å². The zero-order valence-electron chi connectivity index (χ0n) is 11.3. The minimum Gasteiger partial charge on any atom is -0.744 e. The Bertz CT molecular complexity index is 796. The third-order valence-electron chi connectivity index (χ3n) is 2.80. The second kappa shape index (κ2) is 7.83. The summed E-state index contributed by atoms with van der Waals surface area (Å²) in [6.07, 6.45) is -1.45. The van der Waals surface area contributed by atoms with Crippen LogP contribution in [0.4, 0.5) is 0 Å². The molecule has 1 unspecified atom stereocenters. The molecule has 0 saturated carbocycles. The molecular weight excluding hydrogens is 382 g/mol. The third-order valence-corrected chi connectivity index (χ3v) is 4.74. The predicted octanol–water partition coefficient (Wildman–Crippen LogP) is 0.637. The van der Waals surface area contributed by atoms with Gasteiger partial charge in [0.1, 0.15) is 16.2 Å². The molecule has 1 N–H and O–H groups in total. The van der Waals surface area contributed by atoms with E-state index in [4.69, 9.17) is 34.8 Å². The Morgan fingerprint density at radius 3 is 2.23 bits per heavy atom. The summed E-state index contributed by atoms with van der Waals surface area (Å²) in [5.74, 6) is 0. The molecule has 0 aromatic heterocycles. The summed E-state index contributed by atoms with van der Waals surface area (Å²) in [6, 6.07) is 8.05. The molecule has 112 valence electrons. The summed E-state index contributed by atoms with van der Waals surface area (Å²) in [7, 11) is -4.74. The summed E-state index contributed by atoms with van der Waals surface area (Å²) in [5.41, 5.74) is 0.0259. The van der Waals surface area contributed by atoms with Crippen LogP contribution in [0.25, 0.3) is 0 Å². The molecule has 0 saturated heterocycles. The zero-order chi connectivity index (χ0) is 15.8. The normalized spacial score (nSPS) is 12.6. The van der Waals surface area contributed by atoms with Crippen molar-refractivity contribution in [2.75, 3.05) is 0 Å². The van der Waals surface area contributed by atoms with Crippen molar-refractivity contribution in [1.29, 1.82) is 0 Å². The topological polar surface area (TPSA) is 77.4 Å². The van der Waals surface area contributed by atoms with E-state index >= 15 is 0 Å². The van der Waals surface area contributed by atoms with E-state index in [1.54, 1.807) is 0 Å². The largest absolute Gasteiger partial charge is 1.00 e. The van der Waals surface area contributed by atoms with Crippen molar-refractivity contribution < 1.29 is 47.6 Å². The molecule has 9 heteroatoms. The van der Waals surface area contributed by atoms with E-state index in [9.17, 15) is 18.1 Å². The molecule has 2 aromatic carbocycles. The minimum absolute atomic E-state index is 0. The van der Waals surface area contributed by atoms with Gasteiger partial charge in [-0.1, -0.05) is 53.0 Å². The number of aliphatic hydroxyl groups excluding tert-OH is 1. The molecule has 0 aliphatic heterocycles. The van der Waals surface area contributed by atoms with Gasteiger partial charge in [0, 0.05) is 16.1 Å². The number of hydrogen-bond acceptors (Lipinski definition) is 4. The first kappa shape index (κ1) is 20.2. The number of benzene rings is 2. The van der Waals surface area contributed by atoms with E-state index in [1.807, 2.05) is 0 Å². The molecule has 0 amide bonds. The van der Waals surface area contributed by atoms with Gasteiger partial charge in [0.25, 0.3) is 0 Å². The first-order valence-corrected chi connectivity index (χ1v) is 8.13. The van der Waals surface area contributed by atoms with E-state index in [2.05, 4.69) is 0 Å². The van der Waals surface area contributed by atoms with Crippen LogP contribution in [0.5, 0.6) is 0 Å². The smallest absolute Gasteiger partial charge is 0.744 e. The van der Waals surface area contributed by atoms with E-state index in [1.165, 1.54) is 30.3 Å². The summed E-state index contributed by atoms with van der Waals surface area (Å²) in [6.45, 7) is 0. The number of aliphatic hydroxyl groups is 1. The van der Waals surface area contributed by atoms with Gasteiger partial charge < -0.3 is 9.66 Å². The van der Waals surface area contributed by atoms with Crippen molar-refractivity contribution in [2.45, 2.75) is 11.0 Å². The molecule has 0 heterocycles. The van der Waals surface area contributed by atoms with Crippen LogP contribution in [0.3, 0.4) is 0 Å². The van der Waals surface area contributed by atoms with Gasteiger partial charge in [-0.15, -0.1) is 0 Å². The maximum absolute atomic E-state index is 11.3. The standard InChI is InChI=1S/C13H9Cl3O4S.Na/c14-7-5-9(12(16)10(15)6-7)13(17)8-3-1-2-4-11(8)21(18,19)20;/h1-6,13,17H,(H,18,19,20);/q;+1/p-1. The minimum atomic E-state index is -4.74. The molecule has 0 fully saturated rings. The molecule has 4 nitrogen and oxygen atoms in total. The van der Waals surface area contributed by atoms with Gasteiger partial charge in [0.2, 0.25) is 0 Å². The van der Waals surface area contributed by atoms with E-state index < -0.39 is 21.1 Å². The molecule has 0 bridgehead atoms. The van der Waals surface area contributed by atoms with Gasteiger partial charge in [-0.3, -0.25) is 0 Å². The molecule has 0 aliphatic carbocycles. The van der Waals surface area contributed by atoms with Crippen LogP contribution in [-0.2, 0) is 10.1 Å². The van der Waals surface area contributed by atoms with Crippen LogP contribution < -0.4 is 29.6 Å². The van der Waals surface area contributed by atoms with Gasteiger partial charge in [-0.2, -0.15) is 0 Å².